The molecule has 2 aromatic rings. The molecule has 1 aromatic carbocycles. The van der Waals surface area contributed by atoms with Gasteiger partial charge in [0.1, 0.15) is 12.3 Å². The summed E-state index contributed by atoms with van der Waals surface area (Å²) in [5.41, 5.74) is 4.19. The number of benzene rings is 1. The van der Waals surface area contributed by atoms with E-state index in [-0.39, 0.29) is 42.5 Å². The van der Waals surface area contributed by atoms with E-state index in [0.29, 0.717) is 12.5 Å². The Morgan fingerprint density at radius 2 is 1.97 bits per heavy atom. The first-order valence-corrected chi connectivity index (χ1v) is 10.4. The topological polar surface area (TPSA) is 69.9 Å². The highest BCUT2D eigenvalue weighted by molar-refractivity contribution is 14.0. The Kier molecular flexibility index (Phi) is 9.68. The summed E-state index contributed by atoms with van der Waals surface area (Å²) in [6.45, 7) is 2.91. The first kappa shape index (κ1) is 24.2. The van der Waals surface area contributed by atoms with Crippen molar-refractivity contribution >= 4 is 35.8 Å². The normalized spacial score (nSPS) is 14.3. The molecule has 0 spiro atoms. The van der Waals surface area contributed by atoms with Crippen molar-refractivity contribution in [3.8, 4) is 0 Å². The molecule has 0 saturated carbocycles. The Hall–Kier alpha value is -2.03. The second-order valence-electron chi connectivity index (χ2n) is 7.81. The van der Waals surface area contributed by atoms with Crippen molar-refractivity contribution in [2.75, 3.05) is 27.2 Å². The van der Waals surface area contributed by atoms with Gasteiger partial charge in [-0.3, -0.25) is 4.79 Å². The molecule has 1 aromatic heterocycles. The Balaban J connectivity index is 0.00000320. The highest BCUT2D eigenvalue weighted by atomic mass is 127. The lowest BCUT2D eigenvalue weighted by Gasteiger charge is -2.22. The number of aliphatic imine (C=N–C) groups is 1. The van der Waals surface area contributed by atoms with E-state index in [1.165, 1.54) is 36.0 Å². The lowest BCUT2D eigenvalue weighted by Crippen LogP contribution is -2.40. The van der Waals surface area contributed by atoms with Crippen LogP contribution in [0.15, 0.2) is 46.0 Å². The number of guanidine groups is 1. The first-order chi connectivity index (χ1) is 14.0. The summed E-state index contributed by atoms with van der Waals surface area (Å²) in [7, 11) is 3.48. The van der Waals surface area contributed by atoms with Crippen LogP contribution < -0.4 is 10.6 Å². The summed E-state index contributed by atoms with van der Waals surface area (Å²) >= 11 is 0. The number of halogens is 1. The molecular weight excluding hydrogens is 491 g/mol. The summed E-state index contributed by atoms with van der Waals surface area (Å²) in [4.78, 5) is 18.0. The van der Waals surface area contributed by atoms with Crippen LogP contribution in [-0.4, -0.2) is 44.0 Å². The van der Waals surface area contributed by atoms with Crippen molar-refractivity contribution in [2.24, 2.45) is 4.99 Å². The molecule has 30 heavy (non-hydrogen) atoms. The predicted octanol–water partition coefficient (Wildman–Crippen LogP) is 3.70. The Morgan fingerprint density at radius 1 is 1.20 bits per heavy atom. The highest BCUT2D eigenvalue weighted by Gasteiger charge is 2.14. The Bertz CT molecular complexity index is 834. The third-order valence-corrected chi connectivity index (χ3v) is 5.34. The highest BCUT2D eigenvalue weighted by Crippen LogP contribution is 2.24. The second kappa shape index (κ2) is 12.0. The number of fused-ring (bicyclic) bond motifs is 1. The van der Waals surface area contributed by atoms with Crippen LogP contribution in [0.4, 0.5) is 0 Å². The molecule has 1 aliphatic carbocycles. The zero-order chi connectivity index (χ0) is 20.6. The van der Waals surface area contributed by atoms with E-state index >= 15 is 0 Å². The number of furan rings is 1. The average Bonchev–Trinajstić information content (AvgIpc) is 3.24. The van der Waals surface area contributed by atoms with Crippen LogP contribution in [0.2, 0.25) is 0 Å². The lowest BCUT2D eigenvalue weighted by molar-refractivity contribution is -0.127. The predicted molar refractivity (Wildman–Crippen MR) is 131 cm³/mol. The fraction of sp³-hybridized carbons (Fsp3) is 0.478. The Morgan fingerprint density at radius 3 is 2.67 bits per heavy atom. The van der Waals surface area contributed by atoms with Crippen LogP contribution in [0.5, 0.6) is 0 Å². The van der Waals surface area contributed by atoms with Gasteiger partial charge in [0.2, 0.25) is 5.91 Å². The van der Waals surface area contributed by atoms with Crippen LogP contribution in [-0.2, 0) is 24.1 Å². The lowest BCUT2D eigenvalue weighted by atomic mass is 9.89. The maximum atomic E-state index is 12.0. The molecule has 1 amide bonds. The first-order valence-electron chi connectivity index (χ1n) is 10.4. The third-order valence-electron chi connectivity index (χ3n) is 5.34. The minimum absolute atomic E-state index is 0. The molecule has 0 radical (unpaired) electrons. The van der Waals surface area contributed by atoms with Crippen molar-refractivity contribution in [3.05, 3.63) is 59.0 Å². The molecule has 3 rings (SSSR count). The smallest absolute Gasteiger partial charge is 0.243 e. The van der Waals surface area contributed by atoms with Gasteiger partial charge in [0.15, 0.2) is 5.96 Å². The van der Waals surface area contributed by atoms with Crippen LogP contribution in [0, 0.1) is 0 Å². The van der Waals surface area contributed by atoms with Crippen LogP contribution in [0.1, 0.15) is 48.3 Å². The second-order valence-corrected chi connectivity index (χ2v) is 7.81. The average molecular weight is 524 g/mol. The number of carbonyl (C=O) groups excluding carboxylic acids is 1. The fourth-order valence-corrected chi connectivity index (χ4v) is 3.51. The number of hydrogen-bond donors (Lipinski definition) is 2. The van der Waals surface area contributed by atoms with Gasteiger partial charge >= 0.3 is 0 Å². The molecular formula is C23H33IN4O2. The van der Waals surface area contributed by atoms with Crippen LogP contribution in [0.25, 0.3) is 0 Å². The van der Waals surface area contributed by atoms with Gasteiger partial charge in [-0.15, -0.1) is 24.0 Å². The molecule has 0 fully saturated rings. The Labute approximate surface area is 196 Å². The van der Waals surface area contributed by atoms with E-state index in [1.54, 1.807) is 25.3 Å². The molecule has 6 nitrogen and oxygen atoms in total. The molecule has 1 unspecified atom stereocenters. The summed E-state index contributed by atoms with van der Waals surface area (Å²) in [6.07, 6.45) is 7.34. The number of rotatable bonds is 7. The zero-order valence-electron chi connectivity index (χ0n) is 18.1. The quantitative estimate of drug-likeness (QED) is 0.329. The van der Waals surface area contributed by atoms with E-state index < -0.39 is 0 Å². The van der Waals surface area contributed by atoms with Gasteiger partial charge in [0, 0.05) is 27.1 Å². The van der Waals surface area contributed by atoms with E-state index in [2.05, 4.69) is 40.7 Å². The molecule has 164 valence electrons. The fourth-order valence-electron chi connectivity index (χ4n) is 3.51. The van der Waals surface area contributed by atoms with Crippen LogP contribution >= 0.6 is 24.0 Å². The van der Waals surface area contributed by atoms with Crippen molar-refractivity contribution in [2.45, 2.75) is 45.1 Å². The third kappa shape index (κ3) is 7.04. The summed E-state index contributed by atoms with van der Waals surface area (Å²) < 4.78 is 5.39. The van der Waals surface area contributed by atoms with Gasteiger partial charge in [-0.1, -0.05) is 18.2 Å². The van der Waals surface area contributed by atoms with Crippen LogP contribution in [0.3, 0.4) is 0 Å². The minimum Gasteiger partial charge on any atom is -0.469 e. The number of hydrogen-bond acceptors (Lipinski definition) is 3. The number of carbonyl (C=O) groups is 1. The SMILES string of the molecule is CC(NC(=NCC(=O)N(C)C)NCCc1ccco1)c1ccc2c(c1)CCCC2.I. The molecule has 2 N–H and O–H groups in total. The van der Waals surface area contributed by atoms with E-state index in [1.807, 2.05) is 12.1 Å². The van der Waals surface area contributed by atoms with Crippen molar-refractivity contribution in [1.29, 1.82) is 0 Å². The van der Waals surface area contributed by atoms with Gasteiger partial charge in [-0.05, 0) is 61.4 Å². The monoisotopic (exact) mass is 524 g/mol. The molecule has 0 saturated heterocycles. The number of nitrogens with one attached hydrogen (secondary N) is 2. The van der Waals surface area contributed by atoms with Gasteiger partial charge in [0.25, 0.3) is 0 Å². The van der Waals surface area contributed by atoms with E-state index in [9.17, 15) is 4.79 Å². The standard InChI is InChI=1S/C23H32N4O2.HI/c1-17(19-11-10-18-7-4-5-8-20(18)15-19)26-23(25-16-22(28)27(2)3)24-13-12-21-9-6-14-29-21;/h6,9-11,14-15,17H,4-5,7-8,12-13,16H2,1-3H3,(H2,24,25,26);1H. The summed E-state index contributed by atoms with van der Waals surface area (Å²) in [5, 5.41) is 6.78. The maximum absolute atomic E-state index is 12.0. The molecule has 1 aliphatic rings. The zero-order valence-corrected chi connectivity index (χ0v) is 20.4. The maximum Gasteiger partial charge on any atom is 0.243 e. The van der Waals surface area contributed by atoms with Gasteiger partial charge in [-0.25, -0.2) is 4.99 Å². The number of likely N-dealkylation sites (N-methyl/N-ethyl adjacent to an activating group) is 1. The molecule has 0 bridgehead atoms. The molecule has 0 aliphatic heterocycles. The van der Waals surface area contributed by atoms with Crippen molar-refractivity contribution in [3.63, 3.8) is 0 Å². The minimum atomic E-state index is -0.0291. The van der Waals surface area contributed by atoms with Gasteiger partial charge in [-0.2, -0.15) is 0 Å². The molecule has 1 heterocycles. The molecule has 1 atom stereocenters. The largest absolute Gasteiger partial charge is 0.469 e. The van der Waals surface area contributed by atoms with Gasteiger partial charge < -0.3 is 20.0 Å². The number of aryl methyl sites for hydroxylation is 2. The number of nitrogens with zero attached hydrogens (tertiary/aromatic N) is 2. The summed E-state index contributed by atoms with van der Waals surface area (Å²) in [6, 6.07) is 10.7. The van der Waals surface area contributed by atoms with Crippen molar-refractivity contribution < 1.29 is 9.21 Å². The van der Waals surface area contributed by atoms with E-state index in [0.717, 1.165) is 18.6 Å². The summed E-state index contributed by atoms with van der Waals surface area (Å²) in [5.74, 6) is 1.53. The van der Waals surface area contributed by atoms with Crippen molar-refractivity contribution in [1.82, 2.24) is 15.5 Å². The molecule has 7 heteroatoms. The number of amides is 1. The van der Waals surface area contributed by atoms with Gasteiger partial charge in [0.05, 0.1) is 12.3 Å². The van der Waals surface area contributed by atoms with E-state index in [4.69, 9.17) is 4.42 Å².